The zero-order valence-corrected chi connectivity index (χ0v) is 15.9. The van der Waals surface area contributed by atoms with E-state index in [1.54, 1.807) is 42.5 Å². The highest BCUT2D eigenvalue weighted by Crippen LogP contribution is 2.25. The third kappa shape index (κ3) is 5.22. The number of amides is 1. The third-order valence-electron chi connectivity index (χ3n) is 3.68. The highest BCUT2D eigenvalue weighted by Gasteiger charge is 2.19. The number of benzene rings is 2. The molecule has 0 aliphatic heterocycles. The van der Waals surface area contributed by atoms with Crippen molar-refractivity contribution in [2.24, 2.45) is 0 Å². The molecule has 1 amide bonds. The zero-order valence-electron chi connectivity index (χ0n) is 14.4. The molecule has 0 saturated carbocycles. The van der Waals surface area contributed by atoms with E-state index >= 15 is 0 Å². The average Bonchev–Trinajstić information content (AvgIpc) is 2.57. The Morgan fingerprint density at radius 2 is 1.88 bits per heavy atom. The van der Waals surface area contributed by atoms with Crippen LogP contribution in [-0.2, 0) is 14.8 Å². The van der Waals surface area contributed by atoms with Crippen molar-refractivity contribution in [2.45, 2.75) is 13.3 Å². The van der Waals surface area contributed by atoms with Gasteiger partial charge < -0.3 is 5.32 Å². The van der Waals surface area contributed by atoms with Gasteiger partial charge in [-0.2, -0.15) is 5.26 Å². The number of carbonyl (C=O) groups is 1. The lowest BCUT2D eigenvalue weighted by Crippen LogP contribution is -2.33. The fourth-order valence-electron chi connectivity index (χ4n) is 2.28. The highest BCUT2D eigenvalue weighted by molar-refractivity contribution is 7.92. The average molecular weight is 392 g/mol. The van der Waals surface area contributed by atoms with Crippen LogP contribution in [0.25, 0.3) is 0 Å². The number of halogens is 1. The van der Waals surface area contributed by atoms with Gasteiger partial charge in [0.25, 0.3) is 0 Å². The summed E-state index contributed by atoms with van der Waals surface area (Å²) in [6.45, 7) is 1.81. The smallest absolute Gasteiger partial charge is 0.232 e. The molecular formula is C18H18ClN3O3S. The lowest BCUT2D eigenvalue weighted by atomic mass is 10.2. The predicted molar refractivity (Wildman–Crippen MR) is 103 cm³/mol. The number of carbonyl (C=O) groups excluding carboxylic acids is 1. The number of hydrogen-bond acceptors (Lipinski definition) is 4. The summed E-state index contributed by atoms with van der Waals surface area (Å²) >= 11 is 6.08. The van der Waals surface area contributed by atoms with Crippen molar-refractivity contribution in [3.8, 4) is 6.07 Å². The van der Waals surface area contributed by atoms with Gasteiger partial charge in [0.05, 0.1) is 23.6 Å². The van der Waals surface area contributed by atoms with Crippen LogP contribution in [0, 0.1) is 18.3 Å². The fourth-order valence-corrected chi connectivity index (χ4v) is 3.37. The second-order valence-corrected chi connectivity index (χ2v) is 8.07. The van der Waals surface area contributed by atoms with E-state index in [9.17, 15) is 13.2 Å². The van der Waals surface area contributed by atoms with Gasteiger partial charge in [-0.3, -0.25) is 9.10 Å². The number of sulfonamides is 1. The van der Waals surface area contributed by atoms with Gasteiger partial charge in [0.1, 0.15) is 0 Å². The summed E-state index contributed by atoms with van der Waals surface area (Å²) in [4.78, 5) is 12.1. The van der Waals surface area contributed by atoms with Crippen LogP contribution < -0.4 is 9.62 Å². The minimum absolute atomic E-state index is 0.0136. The van der Waals surface area contributed by atoms with Crippen molar-refractivity contribution in [2.75, 3.05) is 22.4 Å². The molecule has 2 aromatic carbocycles. The van der Waals surface area contributed by atoms with E-state index in [0.717, 1.165) is 16.1 Å². The minimum atomic E-state index is -3.57. The zero-order chi connectivity index (χ0) is 19.3. The van der Waals surface area contributed by atoms with Gasteiger partial charge in [-0.15, -0.1) is 0 Å². The van der Waals surface area contributed by atoms with Crippen LogP contribution in [0.3, 0.4) is 0 Å². The van der Waals surface area contributed by atoms with Crippen LogP contribution >= 0.6 is 11.6 Å². The van der Waals surface area contributed by atoms with E-state index in [-0.39, 0.29) is 18.9 Å². The van der Waals surface area contributed by atoms with Gasteiger partial charge in [-0.05, 0) is 48.9 Å². The Labute approximate surface area is 158 Å². The Hall–Kier alpha value is -2.56. The summed E-state index contributed by atoms with van der Waals surface area (Å²) in [6.07, 6.45) is 1.05. The maximum atomic E-state index is 12.1. The topological polar surface area (TPSA) is 90.3 Å². The highest BCUT2D eigenvalue weighted by atomic mass is 35.5. The van der Waals surface area contributed by atoms with E-state index in [2.05, 4.69) is 5.32 Å². The van der Waals surface area contributed by atoms with E-state index in [4.69, 9.17) is 16.9 Å². The summed E-state index contributed by atoms with van der Waals surface area (Å²) in [5, 5.41) is 11.9. The number of rotatable bonds is 6. The van der Waals surface area contributed by atoms with E-state index < -0.39 is 10.0 Å². The van der Waals surface area contributed by atoms with Gasteiger partial charge in [-0.25, -0.2) is 8.42 Å². The molecule has 0 atom stereocenters. The molecule has 0 saturated heterocycles. The predicted octanol–water partition coefficient (Wildman–Crippen LogP) is 3.31. The van der Waals surface area contributed by atoms with Crippen LogP contribution in [0.4, 0.5) is 11.4 Å². The first-order valence-corrected chi connectivity index (χ1v) is 9.97. The molecule has 2 aromatic rings. The van der Waals surface area contributed by atoms with Crippen molar-refractivity contribution in [1.82, 2.24) is 0 Å². The fraction of sp³-hybridized carbons (Fsp3) is 0.222. The van der Waals surface area contributed by atoms with Gasteiger partial charge in [0.2, 0.25) is 15.9 Å². The molecule has 6 nitrogen and oxygen atoms in total. The lowest BCUT2D eigenvalue weighted by Gasteiger charge is -2.22. The SMILES string of the molecule is Cc1ccc(N(CCC(=O)Nc2ccc(C#N)cc2)S(C)(=O)=O)cc1Cl. The molecule has 8 heteroatoms. The largest absolute Gasteiger partial charge is 0.326 e. The van der Waals surface area contributed by atoms with Gasteiger partial charge >= 0.3 is 0 Å². The molecule has 26 heavy (non-hydrogen) atoms. The summed E-state index contributed by atoms with van der Waals surface area (Å²) < 4.78 is 25.3. The Bertz CT molecular complexity index is 951. The van der Waals surface area contributed by atoms with Crippen LogP contribution in [0.15, 0.2) is 42.5 Å². The maximum absolute atomic E-state index is 12.1. The van der Waals surface area contributed by atoms with Crippen LogP contribution in [0.1, 0.15) is 17.5 Å². The van der Waals surface area contributed by atoms with Crippen LogP contribution in [-0.4, -0.2) is 27.1 Å². The number of anilines is 2. The van der Waals surface area contributed by atoms with E-state index in [1.165, 1.54) is 0 Å². The Balaban J connectivity index is 2.08. The Kier molecular flexibility index (Phi) is 6.24. The lowest BCUT2D eigenvalue weighted by molar-refractivity contribution is -0.116. The molecule has 0 aliphatic carbocycles. The first kappa shape index (κ1) is 19.8. The molecule has 0 aliphatic rings. The Morgan fingerprint density at radius 1 is 1.23 bits per heavy atom. The normalized spacial score (nSPS) is 10.8. The monoisotopic (exact) mass is 391 g/mol. The maximum Gasteiger partial charge on any atom is 0.232 e. The first-order chi connectivity index (χ1) is 12.2. The van der Waals surface area contributed by atoms with Gasteiger partial charge in [-0.1, -0.05) is 17.7 Å². The van der Waals surface area contributed by atoms with E-state index in [0.29, 0.717) is 22.0 Å². The van der Waals surface area contributed by atoms with Gasteiger partial charge in [0, 0.05) is 23.7 Å². The van der Waals surface area contributed by atoms with Crippen molar-refractivity contribution in [1.29, 1.82) is 5.26 Å². The summed E-state index contributed by atoms with van der Waals surface area (Å²) in [5.41, 5.74) is 2.28. The molecule has 0 radical (unpaired) electrons. The summed E-state index contributed by atoms with van der Waals surface area (Å²) in [6, 6.07) is 13.4. The van der Waals surface area contributed by atoms with Crippen LogP contribution in [0.2, 0.25) is 5.02 Å². The number of nitrogens with one attached hydrogen (secondary N) is 1. The standard InChI is InChI=1S/C18H18ClN3O3S/c1-13-3-8-16(11-17(13)19)22(26(2,24)25)10-9-18(23)21-15-6-4-14(12-20)5-7-15/h3-8,11H,9-10H2,1-2H3,(H,21,23). The van der Waals surface area contributed by atoms with Crippen molar-refractivity contribution in [3.05, 3.63) is 58.6 Å². The summed E-state index contributed by atoms with van der Waals surface area (Å²) in [7, 11) is -3.57. The molecule has 0 fully saturated rings. The third-order valence-corrected chi connectivity index (χ3v) is 5.28. The minimum Gasteiger partial charge on any atom is -0.326 e. The molecule has 2 rings (SSSR count). The van der Waals surface area contributed by atoms with Gasteiger partial charge in [0.15, 0.2) is 0 Å². The molecule has 0 heterocycles. The van der Waals surface area contributed by atoms with E-state index in [1.807, 2.05) is 13.0 Å². The van der Waals surface area contributed by atoms with Crippen LogP contribution in [0.5, 0.6) is 0 Å². The molecule has 0 spiro atoms. The quantitative estimate of drug-likeness (QED) is 0.817. The molecule has 0 bridgehead atoms. The van der Waals surface area contributed by atoms with Crippen molar-refractivity contribution >= 4 is 38.9 Å². The number of aryl methyl sites for hydroxylation is 1. The molecule has 1 N–H and O–H groups in total. The molecule has 136 valence electrons. The first-order valence-electron chi connectivity index (χ1n) is 7.74. The molecular weight excluding hydrogens is 374 g/mol. The second-order valence-electron chi connectivity index (χ2n) is 5.76. The Morgan fingerprint density at radius 3 is 2.42 bits per heavy atom. The molecule has 0 unspecified atom stereocenters. The summed E-state index contributed by atoms with van der Waals surface area (Å²) in [5.74, 6) is -0.332. The molecule has 0 aromatic heterocycles. The number of hydrogen-bond donors (Lipinski definition) is 1. The number of nitriles is 1. The van der Waals surface area contributed by atoms with Crippen molar-refractivity contribution < 1.29 is 13.2 Å². The van der Waals surface area contributed by atoms with Crippen molar-refractivity contribution in [3.63, 3.8) is 0 Å². The number of nitrogens with zero attached hydrogens (tertiary/aromatic N) is 2. The second kappa shape index (κ2) is 8.21.